The van der Waals surface area contributed by atoms with Gasteiger partial charge in [-0.25, -0.2) is 4.79 Å². The van der Waals surface area contributed by atoms with Crippen LogP contribution in [0.3, 0.4) is 0 Å². The van der Waals surface area contributed by atoms with E-state index in [2.05, 4.69) is 16.0 Å². The molecule has 4 saturated carbocycles. The van der Waals surface area contributed by atoms with Crippen LogP contribution in [0.5, 0.6) is 0 Å². The van der Waals surface area contributed by atoms with Crippen LogP contribution < -0.4 is 16.0 Å². The summed E-state index contributed by atoms with van der Waals surface area (Å²) in [5, 5.41) is 9.05. The number of benzene rings is 1. The Morgan fingerprint density at radius 3 is 2.27 bits per heavy atom. The molecule has 4 aliphatic rings. The predicted molar refractivity (Wildman–Crippen MR) is 102 cm³/mol. The SMILES string of the molecule is Cc1ccccc1NC(=O)CCNC(=O)NC12CC3CC(CC(C3)C1)C2. The number of para-hydroxylation sites is 1. The molecule has 3 amide bonds. The number of carbonyl (C=O) groups is 2. The predicted octanol–water partition coefficient (Wildman–Crippen LogP) is 3.59. The van der Waals surface area contributed by atoms with E-state index in [0.717, 1.165) is 48.3 Å². The molecule has 1 aromatic carbocycles. The number of urea groups is 1. The van der Waals surface area contributed by atoms with Crippen LogP contribution in [-0.4, -0.2) is 24.0 Å². The Kier molecular flexibility index (Phi) is 4.63. The van der Waals surface area contributed by atoms with Gasteiger partial charge in [0.2, 0.25) is 5.91 Å². The first-order valence-electron chi connectivity index (χ1n) is 9.93. The molecule has 1 aromatic rings. The van der Waals surface area contributed by atoms with Crippen molar-refractivity contribution in [3.05, 3.63) is 29.8 Å². The van der Waals surface area contributed by atoms with Gasteiger partial charge in [0.05, 0.1) is 0 Å². The minimum Gasteiger partial charge on any atom is -0.338 e. The van der Waals surface area contributed by atoms with Crippen molar-refractivity contribution in [3.63, 3.8) is 0 Å². The summed E-state index contributed by atoms with van der Waals surface area (Å²) in [5.74, 6) is 2.35. The average molecular weight is 355 g/mol. The van der Waals surface area contributed by atoms with Crippen molar-refractivity contribution in [1.82, 2.24) is 10.6 Å². The molecule has 5 nitrogen and oxygen atoms in total. The summed E-state index contributed by atoms with van der Waals surface area (Å²) in [6.07, 6.45) is 7.79. The lowest BCUT2D eigenvalue weighted by Crippen LogP contribution is -2.61. The maximum Gasteiger partial charge on any atom is 0.315 e. The summed E-state index contributed by atoms with van der Waals surface area (Å²) in [5.41, 5.74) is 1.88. The van der Waals surface area contributed by atoms with Gasteiger partial charge in [-0.3, -0.25) is 4.79 Å². The Morgan fingerprint density at radius 2 is 1.65 bits per heavy atom. The second-order valence-electron chi connectivity index (χ2n) is 8.69. The number of rotatable bonds is 5. The Hall–Kier alpha value is -2.04. The normalized spacial score (nSPS) is 31.5. The van der Waals surface area contributed by atoms with Gasteiger partial charge in [-0.1, -0.05) is 18.2 Å². The number of nitrogens with one attached hydrogen (secondary N) is 3. The highest BCUT2D eigenvalue weighted by atomic mass is 16.2. The molecule has 4 aliphatic carbocycles. The maximum absolute atomic E-state index is 12.4. The lowest BCUT2D eigenvalue weighted by atomic mass is 9.53. The van der Waals surface area contributed by atoms with Gasteiger partial charge >= 0.3 is 6.03 Å². The molecule has 0 spiro atoms. The smallest absolute Gasteiger partial charge is 0.315 e. The lowest BCUT2D eigenvalue weighted by Gasteiger charge is -2.56. The third-order valence-electron chi connectivity index (χ3n) is 6.47. The topological polar surface area (TPSA) is 70.2 Å². The monoisotopic (exact) mass is 355 g/mol. The summed E-state index contributed by atoms with van der Waals surface area (Å²) < 4.78 is 0. The first-order chi connectivity index (χ1) is 12.5. The number of hydrogen-bond acceptors (Lipinski definition) is 2. The number of anilines is 1. The van der Waals surface area contributed by atoms with Crippen molar-refractivity contribution in [1.29, 1.82) is 0 Å². The van der Waals surface area contributed by atoms with E-state index in [0.29, 0.717) is 6.54 Å². The summed E-state index contributed by atoms with van der Waals surface area (Å²) in [4.78, 5) is 24.4. The lowest BCUT2D eigenvalue weighted by molar-refractivity contribution is -0.116. The van der Waals surface area contributed by atoms with Crippen molar-refractivity contribution in [2.24, 2.45) is 17.8 Å². The van der Waals surface area contributed by atoms with Crippen molar-refractivity contribution < 1.29 is 9.59 Å². The molecule has 26 heavy (non-hydrogen) atoms. The van der Waals surface area contributed by atoms with Crippen LogP contribution in [0.25, 0.3) is 0 Å². The van der Waals surface area contributed by atoms with Gasteiger partial charge in [-0.15, -0.1) is 0 Å². The Labute approximate surface area is 155 Å². The van der Waals surface area contributed by atoms with Gasteiger partial charge in [0.25, 0.3) is 0 Å². The van der Waals surface area contributed by atoms with Gasteiger partial charge in [0.15, 0.2) is 0 Å². The minimum atomic E-state index is -0.115. The Balaban J connectivity index is 1.22. The molecule has 5 rings (SSSR count). The fourth-order valence-corrected chi connectivity index (χ4v) is 5.76. The van der Waals surface area contributed by atoms with Crippen LogP contribution in [0, 0.1) is 24.7 Å². The standard InChI is InChI=1S/C21H29N3O2/c1-14-4-2-3-5-18(14)23-19(25)6-7-22-20(26)24-21-11-15-8-16(12-21)10-17(9-15)13-21/h2-5,15-17H,6-13H2,1H3,(H,23,25)(H2,22,24,26). The van der Waals surface area contributed by atoms with Crippen molar-refractivity contribution in [2.45, 2.75) is 57.4 Å². The average Bonchev–Trinajstić information content (AvgIpc) is 2.55. The summed E-state index contributed by atoms with van der Waals surface area (Å²) >= 11 is 0. The van der Waals surface area contributed by atoms with Gasteiger partial charge < -0.3 is 16.0 Å². The van der Waals surface area contributed by atoms with Gasteiger partial charge in [-0.2, -0.15) is 0 Å². The highest BCUT2D eigenvalue weighted by molar-refractivity contribution is 5.91. The molecular formula is C21H29N3O2. The number of carbonyl (C=O) groups excluding carboxylic acids is 2. The van der Waals surface area contributed by atoms with E-state index in [1.54, 1.807) is 0 Å². The molecule has 0 saturated heterocycles. The molecule has 0 aromatic heterocycles. The number of hydrogen-bond donors (Lipinski definition) is 3. The maximum atomic E-state index is 12.4. The van der Waals surface area contributed by atoms with Crippen LogP contribution in [0.2, 0.25) is 0 Å². The molecule has 5 heteroatoms. The molecule has 0 radical (unpaired) electrons. The van der Waals surface area contributed by atoms with E-state index >= 15 is 0 Å². The first kappa shape index (κ1) is 17.4. The molecule has 0 atom stereocenters. The fourth-order valence-electron chi connectivity index (χ4n) is 5.76. The minimum absolute atomic E-state index is 0.0161. The van der Waals surface area contributed by atoms with E-state index in [-0.39, 0.29) is 23.9 Å². The Morgan fingerprint density at radius 1 is 1.04 bits per heavy atom. The molecule has 4 bridgehead atoms. The molecule has 0 aliphatic heterocycles. The second-order valence-corrected chi connectivity index (χ2v) is 8.69. The van der Waals surface area contributed by atoms with E-state index < -0.39 is 0 Å². The number of aryl methyl sites for hydroxylation is 1. The van der Waals surface area contributed by atoms with E-state index in [1.165, 1.54) is 19.3 Å². The quantitative estimate of drug-likeness (QED) is 0.755. The van der Waals surface area contributed by atoms with Gasteiger partial charge in [-0.05, 0) is 74.8 Å². The highest BCUT2D eigenvalue weighted by Crippen LogP contribution is 2.55. The van der Waals surface area contributed by atoms with Crippen LogP contribution >= 0.6 is 0 Å². The van der Waals surface area contributed by atoms with Gasteiger partial charge in [0, 0.05) is 24.2 Å². The zero-order valence-electron chi connectivity index (χ0n) is 15.5. The van der Waals surface area contributed by atoms with Crippen LogP contribution in [0.15, 0.2) is 24.3 Å². The third kappa shape index (κ3) is 3.71. The summed E-state index contributed by atoms with van der Waals surface area (Å²) in [6, 6.07) is 7.59. The van der Waals surface area contributed by atoms with Crippen molar-refractivity contribution >= 4 is 17.6 Å². The summed E-state index contributed by atoms with van der Waals surface area (Å²) in [6.45, 7) is 2.32. The molecule has 140 valence electrons. The largest absolute Gasteiger partial charge is 0.338 e. The van der Waals surface area contributed by atoms with Crippen molar-refractivity contribution in [3.8, 4) is 0 Å². The highest BCUT2D eigenvalue weighted by Gasteiger charge is 2.51. The zero-order valence-corrected chi connectivity index (χ0v) is 15.5. The molecule has 4 fully saturated rings. The molecular weight excluding hydrogens is 326 g/mol. The van der Waals surface area contributed by atoms with Crippen LogP contribution in [-0.2, 0) is 4.79 Å². The fraction of sp³-hybridized carbons (Fsp3) is 0.619. The first-order valence-corrected chi connectivity index (χ1v) is 9.93. The van der Waals surface area contributed by atoms with Gasteiger partial charge in [0.1, 0.15) is 0 Å². The summed E-state index contributed by atoms with van der Waals surface area (Å²) in [7, 11) is 0. The van der Waals surface area contributed by atoms with E-state index in [4.69, 9.17) is 0 Å². The Bertz CT molecular complexity index is 665. The third-order valence-corrected chi connectivity index (χ3v) is 6.47. The van der Waals surface area contributed by atoms with Crippen LogP contribution in [0.4, 0.5) is 10.5 Å². The zero-order chi connectivity index (χ0) is 18.1. The van der Waals surface area contributed by atoms with E-state index in [9.17, 15) is 9.59 Å². The second kappa shape index (κ2) is 6.93. The molecule has 0 heterocycles. The molecule has 3 N–H and O–H groups in total. The van der Waals surface area contributed by atoms with Crippen LogP contribution in [0.1, 0.15) is 50.5 Å². The molecule has 0 unspecified atom stereocenters. The van der Waals surface area contributed by atoms with Crippen molar-refractivity contribution in [2.75, 3.05) is 11.9 Å². The van der Waals surface area contributed by atoms with E-state index in [1.807, 2.05) is 31.2 Å². The number of amides is 3.